The molecule has 0 aromatic heterocycles. The molecule has 102 valence electrons. The van der Waals surface area contributed by atoms with Gasteiger partial charge in [0, 0.05) is 24.8 Å². The summed E-state index contributed by atoms with van der Waals surface area (Å²) in [5.74, 6) is -2.11. The van der Waals surface area contributed by atoms with E-state index in [0.717, 1.165) is 37.7 Å². The molecule has 1 nitrogen and oxygen atoms in total. The lowest BCUT2D eigenvalue weighted by Gasteiger charge is -2.30. The number of fused-ring (bicyclic) bond motifs is 2. The Bertz CT molecular complexity index is 485. The van der Waals surface area contributed by atoms with Gasteiger partial charge in [0.05, 0.1) is 0 Å². The van der Waals surface area contributed by atoms with Crippen molar-refractivity contribution in [1.82, 2.24) is 0 Å². The van der Waals surface area contributed by atoms with Crippen molar-refractivity contribution in [3.63, 3.8) is 0 Å². The van der Waals surface area contributed by atoms with Crippen molar-refractivity contribution in [3.8, 4) is 0 Å². The van der Waals surface area contributed by atoms with Crippen LogP contribution in [0.25, 0.3) is 0 Å². The van der Waals surface area contributed by atoms with Gasteiger partial charge >= 0.3 is 0 Å². The molecule has 1 aliphatic heterocycles. The quantitative estimate of drug-likeness (QED) is 0.666. The number of aliphatic imine (C=N–C) groups is 1. The molecule has 0 spiro atoms. The van der Waals surface area contributed by atoms with Gasteiger partial charge in [-0.25, -0.2) is 8.78 Å². The molecule has 0 amide bonds. The monoisotopic (exact) mass is 263 g/mol. The highest BCUT2D eigenvalue weighted by atomic mass is 19.3. The molecule has 1 heterocycles. The molecule has 3 heteroatoms. The predicted molar refractivity (Wildman–Crippen MR) is 71.3 cm³/mol. The number of hydrogen-bond acceptors (Lipinski definition) is 1. The molecular formula is C16H19F2N. The smallest absolute Gasteiger partial charge is 0.255 e. The minimum Gasteiger partial charge on any atom is -0.269 e. The van der Waals surface area contributed by atoms with E-state index in [9.17, 15) is 8.78 Å². The summed E-state index contributed by atoms with van der Waals surface area (Å²) in [4.78, 5) is 4.20. The van der Waals surface area contributed by atoms with Gasteiger partial charge in [0.25, 0.3) is 5.92 Å². The van der Waals surface area contributed by atoms with Crippen LogP contribution in [-0.2, 0) is 0 Å². The Balaban J connectivity index is 1.82. The van der Waals surface area contributed by atoms with Crippen molar-refractivity contribution in [1.29, 1.82) is 0 Å². The van der Waals surface area contributed by atoms with Gasteiger partial charge in [-0.1, -0.05) is 5.57 Å². The van der Waals surface area contributed by atoms with Gasteiger partial charge in [-0.05, 0) is 61.5 Å². The summed E-state index contributed by atoms with van der Waals surface area (Å²) in [6, 6.07) is 0. The third-order valence-electron chi connectivity index (χ3n) is 5.31. The van der Waals surface area contributed by atoms with Crippen LogP contribution in [0.1, 0.15) is 38.5 Å². The molecule has 3 unspecified atom stereocenters. The second-order valence-corrected chi connectivity index (χ2v) is 6.55. The first-order chi connectivity index (χ1) is 9.17. The Morgan fingerprint density at radius 1 is 1.11 bits per heavy atom. The highest BCUT2D eigenvalue weighted by Crippen LogP contribution is 2.61. The van der Waals surface area contributed by atoms with Crippen molar-refractivity contribution in [2.24, 2.45) is 28.7 Å². The lowest BCUT2D eigenvalue weighted by Crippen LogP contribution is -2.25. The average molecular weight is 263 g/mol. The average Bonchev–Trinajstić information content (AvgIpc) is 3.15. The van der Waals surface area contributed by atoms with Crippen LogP contribution in [0.2, 0.25) is 0 Å². The Hall–Kier alpha value is -0.990. The molecule has 3 aliphatic carbocycles. The minimum absolute atomic E-state index is 0.0917. The van der Waals surface area contributed by atoms with Crippen molar-refractivity contribution in [2.75, 3.05) is 0 Å². The van der Waals surface area contributed by atoms with E-state index in [2.05, 4.69) is 4.99 Å². The van der Waals surface area contributed by atoms with Crippen LogP contribution in [0.15, 0.2) is 28.4 Å². The molecule has 19 heavy (non-hydrogen) atoms. The molecule has 0 aromatic rings. The third-order valence-corrected chi connectivity index (χ3v) is 5.31. The topological polar surface area (TPSA) is 12.4 Å². The Morgan fingerprint density at radius 2 is 1.89 bits per heavy atom. The van der Waals surface area contributed by atoms with Gasteiger partial charge in [-0.2, -0.15) is 0 Å². The van der Waals surface area contributed by atoms with E-state index in [-0.39, 0.29) is 18.3 Å². The van der Waals surface area contributed by atoms with Crippen molar-refractivity contribution >= 4 is 6.21 Å². The van der Waals surface area contributed by atoms with E-state index in [0.29, 0.717) is 5.92 Å². The zero-order valence-corrected chi connectivity index (χ0v) is 11.0. The molecule has 4 aliphatic rings. The fourth-order valence-electron chi connectivity index (χ4n) is 4.39. The molecule has 0 aromatic carbocycles. The van der Waals surface area contributed by atoms with Crippen LogP contribution in [-0.4, -0.2) is 12.1 Å². The highest BCUT2D eigenvalue weighted by Gasteiger charge is 2.58. The van der Waals surface area contributed by atoms with E-state index in [1.54, 1.807) is 6.20 Å². The molecule has 2 saturated carbocycles. The van der Waals surface area contributed by atoms with Gasteiger partial charge < -0.3 is 0 Å². The van der Waals surface area contributed by atoms with Crippen LogP contribution in [0.3, 0.4) is 0 Å². The molecule has 0 N–H and O–H groups in total. The van der Waals surface area contributed by atoms with Gasteiger partial charge in [0.15, 0.2) is 0 Å². The number of rotatable bonds is 1. The van der Waals surface area contributed by atoms with Crippen molar-refractivity contribution < 1.29 is 8.78 Å². The van der Waals surface area contributed by atoms with Crippen LogP contribution >= 0.6 is 0 Å². The summed E-state index contributed by atoms with van der Waals surface area (Å²) in [7, 11) is 0. The minimum atomic E-state index is -2.47. The summed E-state index contributed by atoms with van der Waals surface area (Å²) >= 11 is 0. The summed E-state index contributed by atoms with van der Waals surface area (Å²) < 4.78 is 28.7. The zero-order valence-electron chi connectivity index (χ0n) is 11.0. The van der Waals surface area contributed by atoms with E-state index in [4.69, 9.17) is 0 Å². The largest absolute Gasteiger partial charge is 0.269 e. The fraction of sp³-hybridized carbons (Fsp3) is 0.688. The van der Waals surface area contributed by atoms with E-state index in [1.165, 1.54) is 5.57 Å². The number of allylic oxidation sites excluding steroid dienone is 3. The van der Waals surface area contributed by atoms with Crippen molar-refractivity contribution in [2.45, 2.75) is 44.4 Å². The molecule has 2 fully saturated rings. The van der Waals surface area contributed by atoms with Gasteiger partial charge in [0.1, 0.15) is 0 Å². The summed E-state index contributed by atoms with van der Waals surface area (Å²) in [6.45, 7) is 0. The highest BCUT2D eigenvalue weighted by molar-refractivity contribution is 5.61. The zero-order chi connectivity index (χ0) is 13.0. The predicted octanol–water partition coefficient (Wildman–Crippen LogP) is 4.36. The summed E-state index contributed by atoms with van der Waals surface area (Å²) in [6.07, 6.45) is 10.8. The third kappa shape index (κ3) is 1.81. The Kier molecular flexibility index (Phi) is 2.49. The fourth-order valence-corrected chi connectivity index (χ4v) is 4.39. The maximum atomic E-state index is 14.4. The van der Waals surface area contributed by atoms with Gasteiger partial charge in [0.2, 0.25) is 0 Å². The second-order valence-electron chi connectivity index (χ2n) is 6.55. The van der Waals surface area contributed by atoms with Gasteiger partial charge in [-0.3, -0.25) is 4.99 Å². The number of nitrogens with zero attached hydrogens (tertiary/aromatic N) is 1. The maximum Gasteiger partial charge on any atom is 0.255 e. The molecule has 0 bridgehead atoms. The first kappa shape index (κ1) is 11.8. The number of hydrogen-bond donors (Lipinski definition) is 0. The lowest BCUT2D eigenvalue weighted by molar-refractivity contribution is -0.0401. The summed E-state index contributed by atoms with van der Waals surface area (Å²) in [5.41, 5.74) is 2.33. The SMILES string of the molecule is FC1(F)CC2CCC3CC=NC=CC3=C2C1C1CC1. The van der Waals surface area contributed by atoms with Crippen molar-refractivity contribution in [3.05, 3.63) is 23.4 Å². The molecule has 4 rings (SSSR count). The molecular weight excluding hydrogens is 244 g/mol. The normalized spacial score (nSPS) is 40.0. The number of halogens is 2. The molecule has 0 saturated heterocycles. The van der Waals surface area contributed by atoms with Crippen LogP contribution in [0.4, 0.5) is 8.78 Å². The Labute approximate surface area is 112 Å². The molecule has 3 atom stereocenters. The van der Waals surface area contributed by atoms with Crippen LogP contribution < -0.4 is 0 Å². The molecule has 0 radical (unpaired) electrons. The number of alkyl halides is 2. The summed E-state index contributed by atoms with van der Waals surface area (Å²) in [5, 5.41) is 0. The van der Waals surface area contributed by atoms with E-state index < -0.39 is 11.8 Å². The maximum absolute atomic E-state index is 14.4. The standard InChI is InChI=1S/C16H19F2N/c17-16(18)9-12-4-1-10-5-7-19-8-6-13(10)14(12)15(16)11-2-3-11/h6-8,10-12,15H,1-5,9H2. The van der Waals surface area contributed by atoms with Crippen LogP contribution in [0, 0.1) is 23.7 Å². The van der Waals surface area contributed by atoms with E-state index in [1.807, 2.05) is 12.3 Å². The Morgan fingerprint density at radius 3 is 2.68 bits per heavy atom. The van der Waals surface area contributed by atoms with Crippen LogP contribution in [0.5, 0.6) is 0 Å². The van der Waals surface area contributed by atoms with Gasteiger partial charge in [-0.15, -0.1) is 0 Å². The first-order valence-corrected chi connectivity index (χ1v) is 7.47. The van der Waals surface area contributed by atoms with E-state index >= 15 is 0 Å². The second kappa shape index (κ2) is 4.00. The lowest BCUT2D eigenvalue weighted by atomic mass is 9.74. The first-order valence-electron chi connectivity index (χ1n) is 7.47.